The molecule has 0 unspecified atom stereocenters. The molecule has 1 N–H and O–H groups in total. The monoisotopic (exact) mass is 551 g/mol. The molecule has 1 fully saturated rings. The first kappa shape index (κ1) is 28.6. The first-order chi connectivity index (χ1) is 19.8. The van der Waals surface area contributed by atoms with Gasteiger partial charge in [0.1, 0.15) is 5.75 Å². The van der Waals surface area contributed by atoms with E-state index in [1.165, 1.54) is 22.3 Å². The Morgan fingerprint density at radius 2 is 1.66 bits per heavy atom. The Kier molecular flexibility index (Phi) is 8.89. The number of hydrogen-bond acceptors (Lipinski definition) is 4. The van der Waals surface area contributed by atoms with Crippen LogP contribution in [0, 0.1) is 13.8 Å². The average Bonchev–Trinajstić information content (AvgIpc) is 2.98. The van der Waals surface area contributed by atoms with Crippen LogP contribution in [-0.2, 0) is 22.4 Å². The lowest BCUT2D eigenvalue weighted by Gasteiger charge is -2.44. The van der Waals surface area contributed by atoms with Gasteiger partial charge in [0.15, 0.2) is 0 Å². The summed E-state index contributed by atoms with van der Waals surface area (Å²) in [5.74, 6) is 0.986. The number of rotatable bonds is 9. The minimum absolute atomic E-state index is 0.0307. The zero-order valence-corrected chi connectivity index (χ0v) is 24.7. The predicted molar refractivity (Wildman–Crippen MR) is 164 cm³/mol. The largest absolute Gasteiger partial charge is 0.493 e. The maximum absolute atomic E-state index is 14.0. The number of piperazine rings is 1. The van der Waals surface area contributed by atoms with E-state index in [0.29, 0.717) is 32.7 Å². The van der Waals surface area contributed by atoms with Gasteiger partial charge in [-0.2, -0.15) is 0 Å². The van der Waals surface area contributed by atoms with Crippen molar-refractivity contribution >= 4 is 17.4 Å². The van der Waals surface area contributed by atoms with Crippen LogP contribution in [0.15, 0.2) is 78.4 Å². The number of ether oxygens (including phenoxy) is 1. The van der Waals surface area contributed by atoms with Gasteiger partial charge in [-0.05, 0) is 72.2 Å². The van der Waals surface area contributed by atoms with Gasteiger partial charge in [-0.25, -0.2) is 0 Å². The molecular formula is C35H41N3O3. The molecule has 0 aromatic heterocycles. The number of benzene rings is 3. The van der Waals surface area contributed by atoms with E-state index in [-0.39, 0.29) is 23.9 Å². The van der Waals surface area contributed by atoms with E-state index in [0.717, 1.165) is 35.3 Å². The lowest BCUT2D eigenvalue weighted by molar-refractivity contribution is -0.132. The molecule has 1 saturated heterocycles. The molecule has 0 aliphatic carbocycles. The molecule has 6 nitrogen and oxygen atoms in total. The molecule has 2 aliphatic heterocycles. The number of nitrogens with zero attached hydrogens (tertiary/aromatic N) is 2. The van der Waals surface area contributed by atoms with Gasteiger partial charge >= 0.3 is 0 Å². The maximum atomic E-state index is 14.0. The highest BCUT2D eigenvalue weighted by atomic mass is 16.5. The third-order valence-electron chi connectivity index (χ3n) is 8.45. The van der Waals surface area contributed by atoms with Crippen LogP contribution < -0.4 is 10.1 Å². The summed E-state index contributed by atoms with van der Waals surface area (Å²) >= 11 is 0. The van der Waals surface area contributed by atoms with Crippen LogP contribution in [0.5, 0.6) is 5.75 Å². The highest BCUT2D eigenvalue weighted by molar-refractivity contribution is 6.03. The number of hydrogen-bond donors (Lipinski definition) is 1. The van der Waals surface area contributed by atoms with Crippen molar-refractivity contribution in [3.05, 3.63) is 106 Å². The molecular weight excluding hydrogens is 510 g/mol. The van der Waals surface area contributed by atoms with E-state index in [9.17, 15) is 9.59 Å². The molecule has 3 aromatic carbocycles. The fourth-order valence-electron chi connectivity index (χ4n) is 5.84. The molecule has 2 amide bonds. The van der Waals surface area contributed by atoms with Crippen LogP contribution in [0.4, 0.5) is 0 Å². The molecule has 3 aromatic rings. The summed E-state index contributed by atoms with van der Waals surface area (Å²) in [4.78, 5) is 30.0. The number of carbonyl (C=O) groups excluding carboxylic acids is 2. The fourth-order valence-corrected chi connectivity index (χ4v) is 5.84. The summed E-state index contributed by atoms with van der Waals surface area (Å²) in [7, 11) is 1.88. The average molecular weight is 552 g/mol. The van der Waals surface area contributed by atoms with Crippen LogP contribution in [0.25, 0.3) is 5.57 Å². The summed E-state index contributed by atoms with van der Waals surface area (Å²) in [5, 5.41) is 3.64. The Hall–Kier alpha value is -3.90. The molecule has 2 heterocycles. The number of aryl methyl sites for hydroxylation is 2. The van der Waals surface area contributed by atoms with E-state index in [2.05, 4.69) is 67.7 Å². The minimum Gasteiger partial charge on any atom is -0.493 e. The second-order valence-corrected chi connectivity index (χ2v) is 11.4. The SMILES string of the molecule is CC(=O)N1C[C@H]2CC(c3ccc(CCOc4ccc(C)c(C)c4)cc3)=C(C(=O)N(C)CCc3ccccc3)[C@@H](C1)N2. The van der Waals surface area contributed by atoms with E-state index in [4.69, 9.17) is 4.74 Å². The van der Waals surface area contributed by atoms with Crippen molar-refractivity contribution in [3.8, 4) is 5.75 Å². The van der Waals surface area contributed by atoms with Gasteiger partial charge in [0.2, 0.25) is 5.91 Å². The quantitative estimate of drug-likeness (QED) is 0.408. The van der Waals surface area contributed by atoms with Crippen molar-refractivity contribution in [1.29, 1.82) is 0 Å². The Morgan fingerprint density at radius 3 is 2.37 bits per heavy atom. The first-order valence-corrected chi connectivity index (χ1v) is 14.6. The second kappa shape index (κ2) is 12.7. The minimum atomic E-state index is -0.181. The molecule has 0 spiro atoms. The molecule has 0 radical (unpaired) electrons. The van der Waals surface area contributed by atoms with Crippen molar-refractivity contribution in [1.82, 2.24) is 15.1 Å². The van der Waals surface area contributed by atoms with Crippen molar-refractivity contribution < 1.29 is 14.3 Å². The molecule has 214 valence electrons. The van der Waals surface area contributed by atoms with Gasteiger partial charge in [0.25, 0.3) is 5.91 Å². The van der Waals surface area contributed by atoms with Crippen LogP contribution in [0.3, 0.4) is 0 Å². The third kappa shape index (κ3) is 6.88. The van der Waals surface area contributed by atoms with Crippen molar-refractivity contribution in [3.63, 3.8) is 0 Å². The summed E-state index contributed by atoms with van der Waals surface area (Å²) in [6.45, 7) is 8.23. The zero-order valence-electron chi connectivity index (χ0n) is 24.7. The highest BCUT2D eigenvalue weighted by Gasteiger charge is 2.39. The summed E-state index contributed by atoms with van der Waals surface area (Å²) < 4.78 is 6.00. The molecule has 2 bridgehead atoms. The van der Waals surface area contributed by atoms with Gasteiger partial charge in [0.05, 0.1) is 12.6 Å². The summed E-state index contributed by atoms with van der Waals surface area (Å²) in [5.41, 5.74) is 7.86. The molecule has 5 rings (SSSR count). The summed E-state index contributed by atoms with van der Waals surface area (Å²) in [6, 6.07) is 25.0. The normalized spacial score (nSPS) is 18.3. The number of likely N-dealkylation sites (N-methyl/N-ethyl adjacent to an activating group) is 1. The second-order valence-electron chi connectivity index (χ2n) is 11.4. The molecule has 0 saturated carbocycles. The van der Waals surface area contributed by atoms with E-state index in [1.54, 1.807) is 6.92 Å². The van der Waals surface area contributed by atoms with Crippen LogP contribution in [0.2, 0.25) is 0 Å². The number of nitrogens with one attached hydrogen (secondary N) is 1. The maximum Gasteiger partial charge on any atom is 0.251 e. The highest BCUT2D eigenvalue weighted by Crippen LogP contribution is 2.34. The van der Waals surface area contributed by atoms with Crippen molar-refractivity contribution in [2.45, 2.75) is 52.1 Å². The standard InChI is InChI=1S/C35H41N3O3/c1-24-10-15-31(20-25(24)2)41-19-17-28-11-13-29(14-12-28)32-21-30-22-38(26(3)39)23-33(36-30)34(32)35(40)37(4)18-16-27-8-6-5-7-9-27/h5-15,20,30,33,36H,16-19,21-23H2,1-4H3/t30-,33-/m1/s1. The first-order valence-electron chi connectivity index (χ1n) is 14.6. The van der Waals surface area contributed by atoms with E-state index in [1.807, 2.05) is 41.1 Å². The number of fused-ring (bicyclic) bond motifs is 2. The van der Waals surface area contributed by atoms with Crippen molar-refractivity contribution in [2.75, 3.05) is 33.3 Å². The van der Waals surface area contributed by atoms with Crippen molar-refractivity contribution in [2.24, 2.45) is 0 Å². The number of carbonyl (C=O) groups is 2. The van der Waals surface area contributed by atoms with E-state index >= 15 is 0 Å². The Balaban J connectivity index is 1.33. The number of amides is 2. The van der Waals surface area contributed by atoms with Gasteiger partial charge in [-0.3, -0.25) is 9.59 Å². The van der Waals surface area contributed by atoms with Gasteiger partial charge in [-0.15, -0.1) is 0 Å². The van der Waals surface area contributed by atoms with Crippen LogP contribution in [0.1, 0.15) is 41.2 Å². The Morgan fingerprint density at radius 1 is 0.927 bits per heavy atom. The molecule has 2 aliphatic rings. The predicted octanol–water partition coefficient (Wildman–Crippen LogP) is 4.97. The molecule has 2 atom stereocenters. The van der Waals surface area contributed by atoms with Gasteiger partial charge in [0, 0.05) is 51.6 Å². The Labute approximate surface area is 244 Å². The summed E-state index contributed by atoms with van der Waals surface area (Å²) in [6.07, 6.45) is 2.31. The van der Waals surface area contributed by atoms with Gasteiger partial charge in [-0.1, -0.05) is 60.7 Å². The molecule has 6 heteroatoms. The van der Waals surface area contributed by atoms with Crippen LogP contribution in [-0.4, -0.2) is 67.0 Å². The smallest absolute Gasteiger partial charge is 0.251 e. The topological polar surface area (TPSA) is 61.9 Å². The third-order valence-corrected chi connectivity index (χ3v) is 8.45. The molecule has 41 heavy (non-hydrogen) atoms. The van der Waals surface area contributed by atoms with Gasteiger partial charge < -0.3 is 19.9 Å². The lowest BCUT2D eigenvalue weighted by atomic mass is 9.82. The Bertz CT molecular complexity index is 1410. The van der Waals surface area contributed by atoms with Crippen LogP contribution >= 0.6 is 0 Å². The van der Waals surface area contributed by atoms with E-state index < -0.39 is 0 Å². The fraction of sp³-hybridized carbons (Fsp3) is 0.371. The lowest BCUT2D eigenvalue weighted by Crippen LogP contribution is -2.61. The zero-order chi connectivity index (χ0) is 28.9.